The average Bonchev–Trinajstić information content (AvgIpc) is 2.73. The van der Waals surface area contributed by atoms with Crippen molar-refractivity contribution in [3.63, 3.8) is 0 Å². The third-order valence-electron chi connectivity index (χ3n) is 4.58. The van der Waals surface area contributed by atoms with Crippen LogP contribution in [0.5, 0.6) is 0 Å². The highest BCUT2D eigenvalue weighted by Gasteiger charge is 2.09. The minimum absolute atomic E-state index is 0.0594. The molecule has 0 saturated heterocycles. The van der Waals surface area contributed by atoms with Crippen LogP contribution in [0.1, 0.15) is 35.2 Å². The van der Waals surface area contributed by atoms with Gasteiger partial charge in [0.15, 0.2) is 0 Å². The molecule has 5 nitrogen and oxygen atoms in total. The zero-order valence-corrected chi connectivity index (χ0v) is 16.6. The molecule has 2 aromatic rings. The molecule has 0 heterocycles. The fourth-order valence-corrected chi connectivity index (χ4v) is 2.71. The maximum atomic E-state index is 14.2. The molecule has 2 atom stereocenters. The quantitative estimate of drug-likeness (QED) is 0.337. The van der Waals surface area contributed by atoms with Crippen LogP contribution in [0.2, 0.25) is 0 Å². The Bertz CT molecular complexity index is 795. The molecular formula is C22H30FN5. The van der Waals surface area contributed by atoms with E-state index in [1.807, 2.05) is 18.2 Å². The predicted octanol–water partition coefficient (Wildman–Crippen LogP) is 1.79. The summed E-state index contributed by atoms with van der Waals surface area (Å²) in [7, 11) is 1.77. The Kier molecular flexibility index (Phi) is 9.08. The number of nitrogens with one attached hydrogen (secondary N) is 3. The first-order valence-corrected chi connectivity index (χ1v) is 9.49. The van der Waals surface area contributed by atoms with Gasteiger partial charge in [-0.1, -0.05) is 42.2 Å². The second-order valence-electron chi connectivity index (χ2n) is 6.70. The fourth-order valence-electron chi connectivity index (χ4n) is 2.71. The van der Waals surface area contributed by atoms with Crippen LogP contribution < -0.4 is 27.6 Å². The second kappa shape index (κ2) is 11.5. The van der Waals surface area contributed by atoms with Crippen molar-refractivity contribution < 1.29 is 4.39 Å². The van der Waals surface area contributed by atoms with E-state index in [0.29, 0.717) is 31.7 Å². The van der Waals surface area contributed by atoms with Gasteiger partial charge in [0.25, 0.3) is 0 Å². The van der Waals surface area contributed by atoms with E-state index in [-0.39, 0.29) is 17.8 Å². The van der Waals surface area contributed by atoms with Crippen molar-refractivity contribution >= 4 is 0 Å². The van der Waals surface area contributed by atoms with Crippen molar-refractivity contribution in [3.05, 3.63) is 70.5 Å². The van der Waals surface area contributed by atoms with Gasteiger partial charge in [0.05, 0.1) is 5.56 Å². The molecule has 0 fully saturated rings. The molecule has 0 bridgehead atoms. The number of hydrogen-bond acceptors (Lipinski definition) is 5. The Balaban J connectivity index is 1.95. The molecule has 28 heavy (non-hydrogen) atoms. The molecule has 0 saturated carbocycles. The summed E-state index contributed by atoms with van der Waals surface area (Å²) in [4.78, 5) is 0. The molecule has 0 radical (unpaired) electrons. The van der Waals surface area contributed by atoms with Gasteiger partial charge in [0.1, 0.15) is 5.82 Å². The van der Waals surface area contributed by atoms with E-state index in [1.54, 1.807) is 13.1 Å². The summed E-state index contributed by atoms with van der Waals surface area (Å²) in [5.74, 6) is 5.64. The highest BCUT2D eigenvalue weighted by molar-refractivity contribution is 5.38. The number of nitrogens with two attached hydrogens (primary N) is 2. The number of benzene rings is 2. The second-order valence-corrected chi connectivity index (χ2v) is 6.70. The van der Waals surface area contributed by atoms with Gasteiger partial charge in [-0.05, 0) is 42.8 Å². The lowest BCUT2D eigenvalue weighted by atomic mass is 10.0. The van der Waals surface area contributed by atoms with Crippen molar-refractivity contribution in [2.45, 2.75) is 26.1 Å². The highest BCUT2D eigenvalue weighted by atomic mass is 19.1. The molecule has 0 aliphatic rings. The Labute approximate surface area is 167 Å². The van der Waals surface area contributed by atoms with E-state index in [0.717, 1.165) is 11.1 Å². The smallest absolute Gasteiger partial charge is 0.139 e. The molecule has 2 unspecified atom stereocenters. The predicted molar refractivity (Wildman–Crippen MR) is 112 cm³/mol. The molecule has 0 aliphatic heterocycles. The molecule has 150 valence electrons. The number of rotatable bonds is 9. The van der Waals surface area contributed by atoms with Crippen molar-refractivity contribution in [2.75, 3.05) is 20.1 Å². The number of halogens is 1. The molecule has 2 rings (SSSR count). The van der Waals surface area contributed by atoms with Crippen molar-refractivity contribution in [1.29, 1.82) is 0 Å². The lowest BCUT2D eigenvalue weighted by Crippen LogP contribution is -2.29. The average molecular weight is 384 g/mol. The first-order chi connectivity index (χ1) is 13.6. The Morgan fingerprint density at radius 1 is 1.07 bits per heavy atom. The lowest BCUT2D eigenvalue weighted by Gasteiger charge is -2.17. The lowest BCUT2D eigenvalue weighted by molar-refractivity contribution is 0.514. The zero-order valence-electron chi connectivity index (χ0n) is 16.6. The van der Waals surface area contributed by atoms with Crippen LogP contribution >= 0.6 is 0 Å². The molecule has 2 aromatic carbocycles. The summed E-state index contributed by atoms with van der Waals surface area (Å²) < 4.78 is 14.2. The minimum Gasteiger partial charge on any atom is -0.329 e. The van der Waals surface area contributed by atoms with Gasteiger partial charge >= 0.3 is 0 Å². The maximum absolute atomic E-state index is 14.2. The van der Waals surface area contributed by atoms with Crippen LogP contribution in [-0.2, 0) is 13.1 Å². The summed E-state index contributed by atoms with van der Waals surface area (Å²) in [5.41, 5.74) is 20.8. The Hall–Kier alpha value is -2.27. The van der Waals surface area contributed by atoms with E-state index >= 15 is 0 Å². The summed E-state index contributed by atoms with van der Waals surface area (Å²) in [6.07, 6.45) is 0. The summed E-state index contributed by atoms with van der Waals surface area (Å²) >= 11 is 0. The van der Waals surface area contributed by atoms with E-state index in [4.69, 9.17) is 11.5 Å². The van der Waals surface area contributed by atoms with Crippen LogP contribution in [0.15, 0.2) is 42.5 Å². The third-order valence-corrected chi connectivity index (χ3v) is 4.58. The van der Waals surface area contributed by atoms with Crippen molar-refractivity contribution in [2.24, 2.45) is 17.4 Å². The van der Waals surface area contributed by atoms with Gasteiger partial charge in [-0.25, -0.2) is 4.39 Å². The molecule has 7 N–H and O–H groups in total. The minimum atomic E-state index is -0.319. The highest BCUT2D eigenvalue weighted by Crippen LogP contribution is 2.14. The monoisotopic (exact) mass is 383 g/mol. The molecule has 0 spiro atoms. The zero-order chi connectivity index (χ0) is 20.4. The van der Waals surface area contributed by atoms with Gasteiger partial charge in [0.2, 0.25) is 0 Å². The van der Waals surface area contributed by atoms with E-state index < -0.39 is 0 Å². The maximum Gasteiger partial charge on any atom is 0.139 e. The van der Waals surface area contributed by atoms with E-state index in [2.05, 4.69) is 47.1 Å². The molecule has 0 amide bonds. The summed E-state index contributed by atoms with van der Waals surface area (Å²) in [5, 5.41) is 3.45. The topological polar surface area (TPSA) is 88.1 Å². The van der Waals surface area contributed by atoms with Crippen LogP contribution in [0.25, 0.3) is 0 Å². The van der Waals surface area contributed by atoms with Gasteiger partial charge in [0, 0.05) is 38.1 Å². The molecular weight excluding hydrogens is 353 g/mol. The standard InChI is InChI=1S/C22H30FN5/c1-16(20-7-3-17(12-24)4-8-20)27-14-19(13-25)6-10-21-9-5-18(11-22(21)23)15-28-26-2/h3-5,7-9,11,16,19,26-28H,12-15,24-25H2,1-2H3. The Morgan fingerprint density at radius 3 is 2.39 bits per heavy atom. The van der Waals surface area contributed by atoms with Crippen LogP contribution in [0, 0.1) is 23.6 Å². The molecule has 0 aliphatic carbocycles. The normalized spacial score (nSPS) is 12.9. The summed E-state index contributed by atoms with van der Waals surface area (Å²) in [6.45, 7) is 4.22. The summed E-state index contributed by atoms with van der Waals surface area (Å²) in [6, 6.07) is 13.4. The van der Waals surface area contributed by atoms with Crippen LogP contribution in [-0.4, -0.2) is 20.1 Å². The van der Waals surface area contributed by atoms with Gasteiger partial charge in [-0.2, -0.15) is 0 Å². The third kappa shape index (κ3) is 6.71. The first kappa shape index (κ1) is 22.0. The largest absolute Gasteiger partial charge is 0.329 e. The SMILES string of the molecule is CNNCc1ccc(C#CC(CN)CNC(C)c2ccc(CN)cc2)c(F)c1. The first-order valence-electron chi connectivity index (χ1n) is 9.49. The Morgan fingerprint density at radius 2 is 1.79 bits per heavy atom. The van der Waals surface area contributed by atoms with Crippen LogP contribution in [0.4, 0.5) is 4.39 Å². The van der Waals surface area contributed by atoms with E-state index in [9.17, 15) is 4.39 Å². The van der Waals surface area contributed by atoms with Gasteiger partial charge in [-0.3, -0.25) is 10.9 Å². The fraction of sp³-hybridized carbons (Fsp3) is 0.364. The van der Waals surface area contributed by atoms with E-state index in [1.165, 1.54) is 11.6 Å². The number of hydrogen-bond donors (Lipinski definition) is 5. The number of hydrazine groups is 1. The molecule has 6 heteroatoms. The molecule has 0 aromatic heterocycles. The van der Waals surface area contributed by atoms with Crippen LogP contribution in [0.3, 0.4) is 0 Å². The van der Waals surface area contributed by atoms with Gasteiger partial charge in [-0.15, -0.1) is 0 Å². The van der Waals surface area contributed by atoms with Crippen molar-refractivity contribution in [1.82, 2.24) is 16.2 Å². The van der Waals surface area contributed by atoms with Crippen molar-refractivity contribution in [3.8, 4) is 11.8 Å². The van der Waals surface area contributed by atoms with Gasteiger partial charge < -0.3 is 16.8 Å².